The van der Waals surface area contributed by atoms with Gasteiger partial charge in [0.2, 0.25) is 11.8 Å². The van der Waals surface area contributed by atoms with Crippen molar-refractivity contribution < 1.29 is 18.9 Å². The van der Waals surface area contributed by atoms with Crippen molar-refractivity contribution >= 4 is 28.9 Å². The Morgan fingerprint density at radius 2 is 2.00 bits per heavy atom. The molecule has 1 saturated heterocycles. The van der Waals surface area contributed by atoms with Crippen LogP contribution in [0.5, 0.6) is 0 Å². The van der Waals surface area contributed by atoms with E-state index in [1.807, 2.05) is 31.2 Å². The second-order valence-electron chi connectivity index (χ2n) is 6.34. The molecule has 1 aliphatic rings. The molecule has 3 rings (SSSR count). The maximum absolute atomic E-state index is 13.9. The normalized spacial score (nSPS) is 16.4. The molecule has 0 bridgehead atoms. The Labute approximate surface area is 154 Å². The van der Waals surface area contributed by atoms with E-state index in [1.54, 1.807) is 0 Å². The number of benzene rings is 2. The van der Waals surface area contributed by atoms with Gasteiger partial charge in [-0.25, -0.2) is 4.39 Å². The number of rotatable bonds is 5. The molecule has 0 radical (unpaired) electrons. The molecule has 1 unspecified atom stereocenters. The number of hydrogen-bond donors (Lipinski definition) is 1. The quantitative estimate of drug-likeness (QED) is 0.645. The molecule has 2 aromatic carbocycles. The number of non-ortho nitro benzene ring substituents is 1. The van der Waals surface area contributed by atoms with Crippen molar-refractivity contribution in [2.45, 2.75) is 19.8 Å². The van der Waals surface area contributed by atoms with Gasteiger partial charge >= 0.3 is 0 Å². The third-order valence-electron chi connectivity index (χ3n) is 4.57. The second-order valence-corrected chi connectivity index (χ2v) is 6.34. The maximum atomic E-state index is 13.9. The molecule has 2 amide bonds. The summed E-state index contributed by atoms with van der Waals surface area (Å²) in [6.07, 6.45) is 0.881. The Bertz CT molecular complexity index is 898. The first-order valence-corrected chi connectivity index (χ1v) is 8.53. The van der Waals surface area contributed by atoms with E-state index in [4.69, 9.17) is 0 Å². The number of carbonyl (C=O) groups excluding carboxylic acids is 2. The minimum atomic E-state index is -0.773. The van der Waals surface area contributed by atoms with E-state index in [2.05, 4.69) is 5.32 Å². The Morgan fingerprint density at radius 3 is 2.63 bits per heavy atom. The van der Waals surface area contributed by atoms with Crippen LogP contribution in [0.1, 0.15) is 18.9 Å². The van der Waals surface area contributed by atoms with Crippen molar-refractivity contribution in [2.24, 2.45) is 5.92 Å². The van der Waals surface area contributed by atoms with Crippen LogP contribution in [0.2, 0.25) is 0 Å². The average Bonchev–Trinajstić information content (AvgIpc) is 3.05. The van der Waals surface area contributed by atoms with Crippen LogP contribution >= 0.6 is 0 Å². The van der Waals surface area contributed by atoms with Crippen molar-refractivity contribution in [3.05, 3.63) is 64.0 Å². The standard InChI is InChI=1S/C19H18FN3O4/c1-2-12-3-5-14(6-4-12)22-11-13(9-18(22)24)19(25)21-17-10-15(23(26)27)7-8-16(17)20/h3-8,10,13H,2,9,11H2,1H3,(H,21,25). The lowest BCUT2D eigenvalue weighted by Gasteiger charge is -2.17. The minimum absolute atomic E-state index is 0.00207. The Kier molecular flexibility index (Phi) is 5.16. The average molecular weight is 371 g/mol. The predicted molar refractivity (Wildman–Crippen MR) is 98.0 cm³/mol. The molecule has 1 fully saturated rings. The van der Waals surface area contributed by atoms with Crippen molar-refractivity contribution in [2.75, 3.05) is 16.8 Å². The van der Waals surface area contributed by atoms with Gasteiger partial charge in [-0.2, -0.15) is 0 Å². The summed E-state index contributed by atoms with van der Waals surface area (Å²) >= 11 is 0. The smallest absolute Gasteiger partial charge is 0.271 e. The van der Waals surface area contributed by atoms with E-state index in [1.165, 1.54) is 4.90 Å². The minimum Gasteiger partial charge on any atom is -0.323 e. The van der Waals surface area contributed by atoms with Crippen LogP contribution in [-0.4, -0.2) is 23.3 Å². The Morgan fingerprint density at radius 1 is 1.30 bits per heavy atom. The van der Waals surface area contributed by atoms with Crippen LogP contribution in [0, 0.1) is 21.8 Å². The third kappa shape index (κ3) is 3.94. The highest BCUT2D eigenvalue weighted by Gasteiger charge is 2.35. The number of carbonyl (C=O) groups is 2. The molecule has 7 nitrogen and oxygen atoms in total. The van der Waals surface area contributed by atoms with Crippen molar-refractivity contribution in [3.63, 3.8) is 0 Å². The summed E-state index contributed by atoms with van der Waals surface area (Å²) in [5, 5.41) is 13.2. The number of nitro benzene ring substituents is 1. The Balaban J connectivity index is 1.72. The van der Waals surface area contributed by atoms with Crippen molar-refractivity contribution in [3.8, 4) is 0 Å². The highest BCUT2D eigenvalue weighted by molar-refractivity contribution is 6.03. The summed E-state index contributed by atoms with van der Waals surface area (Å²) < 4.78 is 13.9. The van der Waals surface area contributed by atoms with Gasteiger partial charge in [-0.3, -0.25) is 19.7 Å². The fraction of sp³-hybridized carbons (Fsp3) is 0.263. The summed E-state index contributed by atoms with van der Waals surface area (Å²) in [6.45, 7) is 2.20. The molecule has 140 valence electrons. The largest absolute Gasteiger partial charge is 0.323 e. The van der Waals surface area contributed by atoms with Gasteiger partial charge in [0, 0.05) is 30.8 Å². The molecule has 1 N–H and O–H groups in total. The summed E-state index contributed by atoms with van der Waals surface area (Å²) in [4.78, 5) is 36.4. The van der Waals surface area contributed by atoms with Crippen LogP contribution in [0.15, 0.2) is 42.5 Å². The molecule has 0 saturated carbocycles. The van der Waals surface area contributed by atoms with Crippen LogP contribution < -0.4 is 10.2 Å². The highest BCUT2D eigenvalue weighted by atomic mass is 19.1. The molecule has 1 aliphatic heterocycles. The fourth-order valence-electron chi connectivity index (χ4n) is 3.00. The van der Waals surface area contributed by atoms with E-state index in [0.29, 0.717) is 5.69 Å². The molecular weight excluding hydrogens is 353 g/mol. The lowest BCUT2D eigenvalue weighted by atomic mass is 10.1. The molecule has 0 aliphatic carbocycles. The molecule has 8 heteroatoms. The van der Waals surface area contributed by atoms with E-state index in [9.17, 15) is 24.1 Å². The van der Waals surface area contributed by atoms with Crippen molar-refractivity contribution in [1.82, 2.24) is 0 Å². The lowest BCUT2D eigenvalue weighted by Crippen LogP contribution is -2.28. The first-order chi connectivity index (χ1) is 12.9. The van der Waals surface area contributed by atoms with Gasteiger partial charge in [-0.1, -0.05) is 19.1 Å². The van der Waals surface area contributed by atoms with Gasteiger partial charge in [0.15, 0.2) is 0 Å². The maximum Gasteiger partial charge on any atom is 0.271 e. The molecule has 1 heterocycles. The van der Waals surface area contributed by atoms with Crippen LogP contribution in [0.25, 0.3) is 0 Å². The van der Waals surface area contributed by atoms with Gasteiger partial charge in [0.1, 0.15) is 5.82 Å². The number of hydrogen-bond acceptors (Lipinski definition) is 4. The van der Waals surface area contributed by atoms with Crippen LogP contribution in [0.4, 0.5) is 21.5 Å². The molecule has 2 aromatic rings. The van der Waals surface area contributed by atoms with Gasteiger partial charge in [0.25, 0.3) is 5.69 Å². The number of nitrogens with zero attached hydrogens (tertiary/aromatic N) is 2. The zero-order chi connectivity index (χ0) is 19.6. The summed E-state index contributed by atoms with van der Waals surface area (Å²) in [7, 11) is 0. The molecule has 1 atom stereocenters. The first kappa shape index (κ1) is 18.5. The van der Waals surface area contributed by atoms with Gasteiger partial charge in [-0.15, -0.1) is 0 Å². The zero-order valence-electron chi connectivity index (χ0n) is 14.6. The third-order valence-corrected chi connectivity index (χ3v) is 4.57. The number of nitrogens with one attached hydrogen (secondary N) is 1. The highest BCUT2D eigenvalue weighted by Crippen LogP contribution is 2.27. The molecule has 0 spiro atoms. The number of anilines is 2. The van der Waals surface area contributed by atoms with E-state index >= 15 is 0 Å². The number of amides is 2. The van der Waals surface area contributed by atoms with Crippen LogP contribution in [0.3, 0.4) is 0 Å². The lowest BCUT2D eigenvalue weighted by molar-refractivity contribution is -0.384. The van der Waals surface area contributed by atoms with Gasteiger partial charge < -0.3 is 10.2 Å². The first-order valence-electron chi connectivity index (χ1n) is 8.53. The van der Waals surface area contributed by atoms with Gasteiger partial charge in [-0.05, 0) is 30.2 Å². The number of halogens is 1. The summed E-state index contributed by atoms with van der Waals surface area (Å²) in [5.74, 6) is -2.18. The van der Waals surface area contributed by atoms with Crippen LogP contribution in [-0.2, 0) is 16.0 Å². The molecular formula is C19H18FN3O4. The molecule has 27 heavy (non-hydrogen) atoms. The van der Waals surface area contributed by atoms with E-state index in [0.717, 1.165) is 30.2 Å². The molecule has 0 aromatic heterocycles. The van der Waals surface area contributed by atoms with E-state index < -0.39 is 22.6 Å². The predicted octanol–water partition coefficient (Wildman–Crippen LogP) is 3.29. The monoisotopic (exact) mass is 371 g/mol. The number of nitro groups is 1. The summed E-state index contributed by atoms with van der Waals surface area (Å²) in [5.41, 5.74) is 1.24. The topological polar surface area (TPSA) is 92.6 Å². The number of aryl methyl sites for hydroxylation is 1. The summed E-state index contributed by atoms with van der Waals surface area (Å²) in [6, 6.07) is 10.4. The SMILES string of the molecule is CCc1ccc(N2CC(C(=O)Nc3cc([N+](=O)[O-])ccc3F)CC2=O)cc1. The van der Waals surface area contributed by atoms with Crippen molar-refractivity contribution in [1.29, 1.82) is 0 Å². The van der Waals surface area contributed by atoms with Gasteiger partial charge in [0.05, 0.1) is 16.5 Å². The van der Waals surface area contributed by atoms with E-state index in [-0.39, 0.29) is 30.2 Å². The fourth-order valence-corrected chi connectivity index (χ4v) is 3.00. The Hall–Kier alpha value is -3.29. The second kappa shape index (κ2) is 7.53. The zero-order valence-corrected chi connectivity index (χ0v) is 14.6.